The van der Waals surface area contributed by atoms with Crippen LogP contribution in [0.15, 0.2) is 29.3 Å². The molecule has 0 bridgehead atoms. The second kappa shape index (κ2) is 7.69. The minimum atomic E-state index is -0.0603. The maximum atomic E-state index is 12.5. The number of ether oxygens (including phenoxy) is 2. The summed E-state index contributed by atoms with van der Waals surface area (Å²) in [6.07, 6.45) is 5.42. The monoisotopic (exact) mass is 395 g/mol. The van der Waals surface area contributed by atoms with E-state index in [4.69, 9.17) is 14.5 Å². The number of aromatic nitrogens is 4. The molecular formula is C21H25N5O3. The van der Waals surface area contributed by atoms with Gasteiger partial charge in [0.05, 0.1) is 13.3 Å². The average molecular weight is 395 g/mol. The van der Waals surface area contributed by atoms with Gasteiger partial charge in [0, 0.05) is 55.0 Å². The second-order valence-corrected chi connectivity index (χ2v) is 7.39. The van der Waals surface area contributed by atoms with E-state index >= 15 is 0 Å². The van der Waals surface area contributed by atoms with E-state index in [1.165, 1.54) is 4.40 Å². The first-order chi connectivity index (χ1) is 14.0. The van der Waals surface area contributed by atoms with Crippen LogP contribution in [-0.2, 0) is 0 Å². The topological polar surface area (TPSA) is 81.9 Å². The number of hydrogen-bond acceptors (Lipinski definition) is 7. The summed E-state index contributed by atoms with van der Waals surface area (Å²) in [5.74, 6) is 2.65. The summed E-state index contributed by atoms with van der Waals surface area (Å²) in [6.45, 7) is 7.27. The van der Waals surface area contributed by atoms with E-state index in [-0.39, 0.29) is 11.7 Å². The fourth-order valence-electron chi connectivity index (χ4n) is 3.60. The molecule has 3 aromatic heterocycles. The van der Waals surface area contributed by atoms with Crippen LogP contribution in [0.4, 0.5) is 5.82 Å². The van der Waals surface area contributed by atoms with Gasteiger partial charge in [0.15, 0.2) is 0 Å². The number of fused-ring (bicyclic) bond motifs is 1. The number of pyridine rings is 1. The van der Waals surface area contributed by atoms with Crippen LogP contribution in [0, 0.1) is 20.8 Å². The molecule has 0 saturated carbocycles. The zero-order valence-electron chi connectivity index (χ0n) is 17.2. The Morgan fingerprint density at radius 2 is 1.86 bits per heavy atom. The van der Waals surface area contributed by atoms with Gasteiger partial charge in [-0.1, -0.05) is 0 Å². The van der Waals surface area contributed by atoms with Gasteiger partial charge in [0.25, 0.3) is 5.56 Å². The number of anilines is 1. The molecule has 8 heteroatoms. The van der Waals surface area contributed by atoms with Crippen LogP contribution < -0.4 is 19.9 Å². The average Bonchev–Trinajstić information content (AvgIpc) is 2.74. The molecule has 8 nitrogen and oxygen atoms in total. The van der Waals surface area contributed by atoms with Crippen molar-refractivity contribution in [3.05, 3.63) is 51.7 Å². The fraction of sp³-hybridized carbons (Fsp3) is 0.429. The summed E-state index contributed by atoms with van der Waals surface area (Å²) in [7, 11) is 1.59. The number of rotatable bonds is 4. The lowest BCUT2D eigenvalue weighted by molar-refractivity contribution is 0.170. The van der Waals surface area contributed by atoms with Crippen molar-refractivity contribution in [1.29, 1.82) is 0 Å². The summed E-state index contributed by atoms with van der Waals surface area (Å²) in [4.78, 5) is 28.1. The molecule has 1 saturated heterocycles. The molecule has 1 aliphatic heterocycles. The van der Waals surface area contributed by atoms with Crippen molar-refractivity contribution >= 4 is 11.6 Å². The van der Waals surface area contributed by atoms with Crippen LogP contribution in [0.5, 0.6) is 11.6 Å². The van der Waals surface area contributed by atoms with E-state index in [1.807, 2.05) is 26.1 Å². The molecule has 0 aliphatic carbocycles. The Kier molecular flexibility index (Phi) is 5.08. The first-order valence-corrected chi connectivity index (χ1v) is 9.75. The first-order valence-electron chi connectivity index (χ1n) is 9.75. The zero-order valence-corrected chi connectivity index (χ0v) is 17.2. The van der Waals surface area contributed by atoms with Gasteiger partial charge in [0.1, 0.15) is 17.7 Å². The number of methoxy groups -OCH3 is 1. The number of nitrogens with zero attached hydrogens (tertiary/aromatic N) is 5. The molecule has 0 atom stereocenters. The molecule has 1 aliphatic rings. The summed E-state index contributed by atoms with van der Waals surface area (Å²) in [5.41, 5.74) is 2.28. The summed E-state index contributed by atoms with van der Waals surface area (Å²) in [5, 5.41) is 0. The normalized spacial score (nSPS) is 15.0. The first kappa shape index (κ1) is 19.2. The van der Waals surface area contributed by atoms with Crippen LogP contribution in [-0.4, -0.2) is 45.7 Å². The van der Waals surface area contributed by atoms with Crippen molar-refractivity contribution in [3.8, 4) is 11.6 Å². The molecule has 3 aromatic rings. The van der Waals surface area contributed by atoms with Gasteiger partial charge in [-0.25, -0.2) is 9.97 Å². The Labute approximate surface area is 169 Å². The van der Waals surface area contributed by atoms with Gasteiger partial charge < -0.3 is 14.4 Å². The molecule has 0 unspecified atom stereocenters. The SMILES string of the molecule is COc1ccc(OC2CCN(c3nc4nc(C)c(C)c(=O)n4cc3C)CC2)cn1. The summed E-state index contributed by atoms with van der Waals surface area (Å²) < 4.78 is 12.7. The van der Waals surface area contributed by atoms with Crippen molar-refractivity contribution in [2.24, 2.45) is 0 Å². The van der Waals surface area contributed by atoms with Gasteiger partial charge >= 0.3 is 0 Å². The van der Waals surface area contributed by atoms with Crippen LogP contribution in [0.1, 0.15) is 29.7 Å². The highest BCUT2D eigenvalue weighted by Crippen LogP contribution is 2.25. The molecule has 4 heterocycles. The van der Waals surface area contributed by atoms with E-state index in [9.17, 15) is 4.79 Å². The molecule has 0 amide bonds. The molecule has 4 rings (SSSR count). The second-order valence-electron chi connectivity index (χ2n) is 7.39. The Bertz CT molecular complexity index is 1090. The Morgan fingerprint density at radius 1 is 1.10 bits per heavy atom. The minimum absolute atomic E-state index is 0.0603. The van der Waals surface area contributed by atoms with Gasteiger partial charge in [-0.2, -0.15) is 4.98 Å². The standard InChI is InChI=1S/C21H25N5O3/c1-13-12-26-20(27)14(2)15(3)23-21(26)24-19(13)25-9-7-16(8-10-25)29-17-5-6-18(28-4)22-11-17/h5-6,11-12,16H,7-10H2,1-4H3. The van der Waals surface area contributed by atoms with E-state index < -0.39 is 0 Å². The van der Waals surface area contributed by atoms with Gasteiger partial charge in [-0.3, -0.25) is 9.20 Å². The quantitative estimate of drug-likeness (QED) is 0.671. The molecule has 0 radical (unpaired) electrons. The Balaban J connectivity index is 1.49. The third-order valence-electron chi connectivity index (χ3n) is 5.41. The lowest BCUT2D eigenvalue weighted by Gasteiger charge is -2.33. The number of piperidine rings is 1. The molecular weight excluding hydrogens is 370 g/mol. The predicted molar refractivity (Wildman–Crippen MR) is 110 cm³/mol. The molecule has 0 N–H and O–H groups in total. The Hall–Kier alpha value is -3.16. The molecule has 152 valence electrons. The number of aryl methyl sites for hydroxylation is 2. The molecule has 0 aromatic carbocycles. The maximum absolute atomic E-state index is 12.5. The van der Waals surface area contributed by atoms with Crippen molar-refractivity contribution in [2.75, 3.05) is 25.1 Å². The molecule has 29 heavy (non-hydrogen) atoms. The van der Waals surface area contributed by atoms with Crippen molar-refractivity contribution in [3.63, 3.8) is 0 Å². The van der Waals surface area contributed by atoms with Crippen molar-refractivity contribution in [1.82, 2.24) is 19.4 Å². The van der Waals surface area contributed by atoms with Crippen LogP contribution in [0.25, 0.3) is 5.78 Å². The van der Waals surface area contributed by atoms with Gasteiger partial charge in [-0.05, 0) is 26.8 Å². The third kappa shape index (κ3) is 3.74. The summed E-state index contributed by atoms with van der Waals surface area (Å²) in [6, 6.07) is 3.67. The largest absolute Gasteiger partial charge is 0.489 e. The highest BCUT2D eigenvalue weighted by atomic mass is 16.5. The van der Waals surface area contributed by atoms with E-state index in [1.54, 1.807) is 26.3 Å². The molecule has 0 spiro atoms. The summed E-state index contributed by atoms with van der Waals surface area (Å²) >= 11 is 0. The highest BCUT2D eigenvalue weighted by Gasteiger charge is 2.23. The predicted octanol–water partition coefficient (Wildman–Crippen LogP) is 2.47. The lowest BCUT2D eigenvalue weighted by atomic mass is 10.1. The van der Waals surface area contributed by atoms with Gasteiger partial charge in [-0.15, -0.1) is 0 Å². The fourth-order valence-corrected chi connectivity index (χ4v) is 3.60. The van der Waals surface area contributed by atoms with Crippen LogP contribution in [0.3, 0.4) is 0 Å². The highest BCUT2D eigenvalue weighted by molar-refractivity contribution is 5.51. The van der Waals surface area contributed by atoms with E-state index in [2.05, 4.69) is 14.9 Å². The number of hydrogen-bond donors (Lipinski definition) is 0. The van der Waals surface area contributed by atoms with Crippen LogP contribution in [0.2, 0.25) is 0 Å². The smallest absolute Gasteiger partial charge is 0.262 e. The van der Waals surface area contributed by atoms with E-state index in [0.29, 0.717) is 17.2 Å². The Morgan fingerprint density at radius 3 is 2.52 bits per heavy atom. The van der Waals surface area contributed by atoms with Gasteiger partial charge in [0.2, 0.25) is 11.7 Å². The van der Waals surface area contributed by atoms with Crippen molar-refractivity contribution < 1.29 is 9.47 Å². The van der Waals surface area contributed by atoms with Crippen molar-refractivity contribution in [2.45, 2.75) is 39.7 Å². The lowest BCUT2D eigenvalue weighted by Crippen LogP contribution is -2.39. The van der Waals surface area contributed by atoms with E-state index in [0.717, 1.165) is 48.8 Å². The third-order valence-corrected chi connectivity index (χ3v) is 5.41. The van der Waals surface area contributed by atoms with Crippen LogP contribution >= 0.6 is 0 Å². The minimum Gasteiger partial charge on any atom is -0.489 e. The molecule has 1 fully saturated rings. The zero-order chi connectivity index (χ0) is 20.5. The maximum Gasteiger partial charge on any atom is 0.262 e.